The highest BCUT2D eigenvalue weighted by Crippen LogP contribution is 2.26. The molecule has 0 aliphatic carbocycles. The lowest BCUT2D eigenvalue weighted by molar-refractivity contribution is -0.137. The van der Waals surface area contributed by atoms with Crippen molar-refractivity contribution in [2.75, 3.05) is 19.6 Å². The third-order valence-electron chi connectivity index (χ3n) is 3.80. The Balaban J connectivity index is 2.31. The van der Waals surface area contributed by atoms with Gasteiger partial charge in [-0.3, -0.25) is 4.79 Å². The maximum Gasteiger partial charge on any atom is 0.317 e. The van der Waals surface area contributed by atoms with Crippen LogP contribution >= 0.6 is 11.8 Å². The zero-order valence-corrected chi connectivity index (χ0v) is 14.3. The number of aliphatic carboxylic acids is 1. The standard InChI is InChI=1S/C15H28N2O3S/c1-11-9-17(10-12(2)21-11)14(20)16-8-7-15(3,4)6-5-13(18)19/h11-12H,5-10H2,1-4H3,(H,16,20)(H,18,19). The number of carbonyl (C=O) groups excluding carboxylic acids is 1. The monoisotopic (exact) mass is 316 g/mol. The Bertz CT molecular complexity index is 364. The zero-order chi connectivity index (χ0) is 16.0. The molecule has 1 aliphatic heterocycles. The number of carboxylic acids is 1. The molecule has 122 valence electrons. The highest BCUT2D eigenvalue weighted by Gasteiger charge is 2.26. The van der Waals surface area contributed by atoms with Crippen LogP contribution in [0.5, 0.6) is 0 Å². The molecule has 6 heteroatoms. The van der Waals surface area contributed by atoms with E-state index in [4.69, 9.17) is 5.11 Å². The van der Waals surface area contributed by atoms with Gasteiger partial charge < -0.3 is 15.3 Å². The van der Waals surface area contributed by atoms with E-state index < -0.39 is 5.97 Å². The van der Waals surface area contributed by atoms with E-state index in [1.807, 2.05) is 30.5 Å². The van der Waals surface area contributed by atoms with Crippen LogP contribution < -0.4 is 5.32 Å². The second-order valence-corrected chi connectivity index (χ2v) is 8.58. The summed E-state index contributed by atoms with van der Waals surface area (Å²) in [7, 11) is 0. The first-order valence-electron chi connectivity index (χ1n) is 7.59. The highest BCUT2D eigenvalue weighted by atomic mass is 32.2. The van der Waals surface area contributed by atoms with Crippen molar-refractivity contribution in [1.82, 2.24) is 10.2 Å². The lowest BCUT2D eigenvalue weighted by atomic mass is 9.84. The third-order valence-corrected chi connectivity index (χ3v) is 5.03. The van der Waals surface area contributed by atoms with Crippen LogP contribution in [0.15, 0.2) is 0 Å². The molecule has 5 nitrogen and oxygen atoms in total. The molecule has 1 rings (SSSR count). The molecule has 0 aromatic rings. The second kappa shape index (κ2) is 7.92. The molecule has 0 aromatic carbocycles. The number of hydrogen-bond donors (Lipinski definition) is 2. The summed E-state index contributed by atoms with van der Waals surface area (Å²) >= 11 is 1.92. The molecular weight excluding hydrogens is 288 g/mol. The molecule has 2 amide bonds. The summed E-state index contributed by atoms with van der Waals surface area (Å²) in [5.74, 6) is -0.763. The minimum atomic E-state index is -0.763. The van der Waals surface area contributed by atoms with Gasteiger partial charge in [0.05, 0.1) is 0 Å². The Kier molecular flexibility index (Phi) is 6.84. The van der Waals surface area contributed by atoms with Crippen LogP contribution in [-0.4, -0.2) is 52.1 Å². The number of carbonyl (C=O) groups is 2. The maximum atomic E-state index is 12.2. The second-order valence-electron chi connectivity index (χ2n) is 6.70. The summed E-state index contributed by atoms with van der Waals surface area (Å²) in [5, 5.41) is 12.7. The van der Waals surface area contributed by atoms with Crippen molar-refractivity contribution < 1.29 is 14.7 Å². The Morgan fingerprint density at radius 2 is 1.81 bits per heavy atom. The maximum absolute atomic E-state index is 12.2. The van der Waals surface area contributed by atoms with E-state index in [1.165, 1.54) is 0 Å². The normalized spacial score (nSPS) is 23.0. The summed E-state index contributed by atoms with van der Waals surface area (Å²) in [6, 6.07) is 0.00281. The van der Waals surface area contributed by atoms with E-state index in [2.05, 4.69) is 19.2 Å². The summed E-state index contributed by atoms with van der Waals surface area (Å²) < 4.78 is 0. The molecule has 1 fully saturated rings. The van der Waals surface area contributed by atoms with Crippen molar-refractivity contribution in [2.45, 2.75) is 57.5 Å². The molecule has 2 atom stereocenters. The predicted molar refractivity (Wildman–Crippen MR) is 86.8 cm³/mol. The summed E-state index contributed by atoms with van der Waals surface area (Å²) in [6.07, 6.45) is 1.60. The van der Waals surface area contributed by atoms with E-state index in [9.17, 15) is 9.59 Å². The molecule has 1 saturated heterocycles. The average molecular weight is 316 g/mol. The number of rotatable bonds is 6. The molecule has 21 heavy (non-hydrogen) atoms. The van der Waals surface area contributed by atoms with Gasteiger partial charge in [0.25, 0.3) is 0 Å². The average Bonchev–Trinajstić information content (AvgIpc) is 2.35. The first-order valence-corrected chi connectivity index (χ1v) is 8.54. The van der Waals surface area contributed by atoms with Crippen molar-refractivity contribution >= 4 is 23.8 Å². The SMILES string of the molecule is CC1CN(C(=O)NCCC(C)(C)CCC(=O)O)CC(C)S1. The lowest BCUT2D eigenvalue weighted by Gasteiger charge is -2.35. The highest BCUT2D eigenvalue weighted by molar-refractivity contribution is 8.00. The molecule has 0 aromatic heterocycles. The summed E-state index contributed by atoms with van der Waals surface area (Å²) in [5.41, 5.74) is -0.0655. The zero-order valence-electron chi connectivity index (χ0n) is 13.5. The Morgan fingerprint density at radius 3 is 2.33 bits per heavy atom. The van der Waals surface area contributed by atoms with E-state index in [0.29, 0.717) is 23.5 Å². The van der Waals surface area contributed by atoms with Gasteiger partial charge in [-0.1, -0.05) is 27.7 Å². The number of hydrogen-bond acceptors (Lipinski definition) is 3. The lowest BCUT2D eigenvalue weighted by Crippen LogP contribution is -2.49. The topological polar surface area (TPSA) is 69.6 Å². The molecule has 1 heterocycles. The van der Waals surface area contributed by atoms with Gasteiger partial charge in [0, 0.05) is 36.6 Å². The van der Waals surface area contributed by atoms with Crippen LogP contribution in [0.2, 0.25) is 0 Å². The van der Waals surface area contributed by atoms with Crippen LogP contribution in [0.1, 0.15) is 47.0 Å². The molecular formula is C15H28N2O3S. The van der Waals surface area contributed by atoms with Gasteiger partial charge in [0.2, 0.25) is 0 Å². The van der Waals surface area contributed by atoms with Crippen molar-refractivity contribution in [3.8, 4) is 0 Å². The molecule has 0 saturated carbocycles. The molecule has 0 radical (unpaired) electrons. The fourth-order valence-electron chi connectivity index (χ4n) is 2.53. The van der Waals surface area contributed by atoms with E-state index >= 15 is 0 Å². The van der Waals surface area contributed by atoms with Crippen LogP contribution in [0.3, 0.4) is 0 Å². The first kappa shape index (κ1) is 18.1. The molecule has 2 unspecified atom stereocenters. The van der Waals surface area contributed by atoms with E-state index in [-0.39, 0.29) is 17.9 Å². The van der Waals surface area contributed by atoms with Crippen LogP contribution in [0.4, 0.5) is 4.79 Å². The van der Waals surface area contributed by atoms with Gasteiger partial charge in [-0.05, 0) is 18.3 Å². The van der Waals surface area contributed by atoms with Crippen molar-refractivity contribution in [2.24, 2.45) is 5.41 Å². The van der Waals surface area contributed by atoms with E-state index in [0.717, 1.165) is 19.5 Å². The summed E-state index contributed by atoms with van der Waals surface area (Å²) in [4.78, 5) is 24.7. The Labute approximate surface area is 131 Å². The number of urea groups is 1. The van der Waals surface area contributed by atoms with E-state index in [1.54, 1.807) is 0 Å². The number of thioether (sulfide) groups is 1. The quantitative estimate of drug-likeness (QED) is 0.790. The van der Waals surface area contributed by atoms with Crippen molar-refractivity contribution in [1.29, 1.82) is 0 Å². The fraction of sp³-hybridized carbons (Fsp3) is 0.867. The predicted octanol–water partition coefficient (Wildman–Crippen LogP) is 2.80. The molecule has 2 N–H and O–H groups in total. The number of carboxylic acid groups (broad SMARTS) is 1. The smallest absolute Gasteiger partial charge is 0.317 e. The fourth-order valence-corrected chi connectivity index (χ4v) is 3.86. The molecule has 0 spiro atoms. The molecule has 1 aliphatic rings. The summed E-state index contributed by atoms with van der Waals surface area (Å²) in [6.45, 7) is 10.6. The van der Waals surface area contributed by atoms with Crippen LogP contribution in [0, 0.1) is 5.41 Å². The van der Waals surface area contributed by atoms with Crippen LogP contribution in [0.25, 0.3) is 0 Å². The number of amides is 2. The van der Waals surface area contributed by atoms with Crippen LogP contribution in [-0.2, 0) is 4.79 Å². The van der Waals surface area contributed by atoms with Crippen molar-refractivity contribution in [3.05, 3.63) is 0 Å². The number of nitrogens with one attached hydrogen (secondary N) is 1. The van der Waals surface area contributed by atoms with Gasteiger partial charge >= 0.3 is 12.0 Å². The van der Waals surface area contributed by atoms with Gasteiger partial charge in [-0.25, -0.2) is 4.79 Å². The van der Waals surface area contributed by atoms with Gasteiger partial charge in [-0.2, -0.15) is 11.8 Å². The van der Waals surface area contributed by atoms with Gasteiger partial charge in [0.1, 0.15) is 0 Å². The Morgan fingerprint density at radius 1 is 1.24 bits per heavy atom. The number of nitrogens with zero attached hydrogens (tertiary/aromatic N) is 1. The minimum Gasteiger partial charge on any atom is -0.481 e. The van der Waals surface area contributed by atoms with Crippen molar-refractivity contribution in [3.63, 3.8) is 0 Å². The first-order chi connectivity index (χ1) is 9.69. The Hall–Kier alpha value is -0.910. The largest absolute Gasteiger partial charge is 0.481 e. The van der Waals surface area contributed by atoms with Gasteiger partial charge in [-0.15, -0.1) is 0 Å². The molecule has 0 bridgehead atoms. The third kappa shape index (κ3) is 7.07. The van der Waals surface area contributed by atoms with Gasteiger partial charge in [0.15, 0.2) is 0 Å². The minimum absolute atomic E-state index is 0.00281.